The fraction of sp³-hybridized carbons (Fsp3) is 0.297. The molecule has 1 aliphatic heterocycles. The van der Waals surface area contributed by atoms with E-state index in [1.54, 1.807) is 36.4 Å². The first-order valence-electron chi connectivity index (χ1n) is 15.8. The van der Waals surface area contributed by atoms with Crippen molar-refractivity contribution in [2.45, 2.75) is 57.1 Å². The van der Waals surface area contributed by atoms with Gasteiger partial charge in [0, 0.05) is 25.1 Å². The lowest BCUT2D eigenvalue weighted by Gasteiger charge is -2.34. The Morgan fingerprint density at radius 2 is 1.49 bits per heavy atom. The van der Waals surface area contributed by atoms with Gasteiger partial charge in [0.05, 0.1) is 10.6 Å². The van der Waals surface area contributed by atoms with Gasteiger partial charge in [-0.25, -0.2) is 8.42 Å². The molecule has 5 rings (SSSR count). The Hall–Kier alpha value is -4.83. The van der Waals surface area contributed by atoms with E-state index >= 15 is 0 Å². The minimum absolute atomic E-state index is 0.0310. The zero-order valence-corrected chi connectivity index (χ0v) is 27.8. The molecule has 0 aliphatic carbocycles. The van der Waals surface area contributed by atoms with Gasteiger partial charge in [-0.2, -0.15) is 0 Å². The molecule has 9 nitrogen and oxygen atoms in total. The summed E-state index contributed by atoms with van der Waals surface area (Å²) in [4.78, 5) is 30.2. The molecule has 0 spiro atoms. The predicted molar refractivity (Wildman–Crippen MR) is 182 cm³/mol. The first-order chi connectivity index (χ1) is 22.7. The molecule has 2 atom stereocenters. The first kappa shape index (κ1) is 33.5. The highest BCUT2D eigenvalue weighted by molar-refractivity contribution is 7.92. The summed E-state index contributed by atoms with van der Waals surface area (Å²) in [5.41, 5.74) is 2.92. The largest absolute Gasteiger partial charge is 0.486 e. The van der Waals surface area contributed by atoms with E-state index in [4.69, 9.17) is 9.47 Å². The van der Waals surface area contributed by atoms with Gasteiger partial charge in [0.15, 0.2) is 11.5 Å². The number of amides is 2. The Morgan fingerprint density at radius 3 is 2.17 bits per heavy atom. The number of rotatable bonds is 13. The average molecular weight is 656 g/mol. The van der Waals surface area contributed by atoms with Crippen molar-refractivity contribution in [1.29, 1.82) is 0 Å². The molecule has 0 aromatic heterocycles. The fourth-order valence-electron chi connectivity index (χ4n) is 5.40. The molecule has 246 valence electrons. The quantitative estimate of drug-likeness (QED) is 0.204. The molecule has 1 N–H and O–H groups in total. The van der Waals surface area contributed by atoms with Gasteiger partial charge in [-0.1, -0.05) is 79.7 Å². The number of fused-ring (bicyclic) bond motifs is 1. The monoisotopic (exact) mass is 655 g/mol. The highest BCUT2D eigenvalue weighted by Gasteiger charge is 2.35. The van der Waals surface area contributed by atoms with Crippen molar-refractivity contribution in [3.8, 4) is 11.5 Å². The molecular formula is C37H41N3O6S. The summed E-state index contributed by atoms with van der Waals surface area (Å²) in [5, 5.41) is 3.07. The Balaban J connectivity index is 1.59. The molecule has 0 radical (unpaired) electrons. The molecular weight excluding hydrogens is 614 g/mol. The number of sulfonamides is 1. The number of nitrogens with one attached hydrogen (secondary N) is 1. The van der Waals surface area contributed by atoms with Crippen LogP contribution in [0, 0.1) is 6.92 Å². The standard InChI is InChI=1S/C37H41N3O6S/c1-4-28(3)38-37(42)33(23-29-14-7-5-8-15-29)39(25-30-16-12-11-13-27(30)2)36(41)26-40(47(43,44)32-17-9-6-10-18-32)31-19-20-34-35(24-31)46-22-21-45-34/h5-20,24,28,33H,4,21-23,25-26H2,1-3H3,(H,38,42)/t28-,33-/m1/s1. The van der Waals surface area contributed by atoms with Crippen LogP contribution in [0.25, 0.3) is 0 Å². The van der Waals surface area contributed by atoms with Gasteiger partial charge in [0.25, 0.3) is 10.0 Å². The van der Waals surface area contributed by atoms with E-state index in [0.29, 0.717) is 31.1 Å². The van der Waals surface area contributed by atoms with E-state index in [9.17, 15) is 18.0 Å². The number of benzene rings is 4. The van der Waals surface area contributed by atoms with Gasteiger partial charge in [-0.3, -0.25) is 13.9 Å². The second kappa shape index (κ2) is 15.2. The lowest BCUT2D eigenvalue weighted by Crippen LogP contribution is -2.54. The minimum atomic E-state index is -4.23. The maximum Gasteiger partial charge on any atom is 0.264 e. The zero-order chi connectivity index (χ0) is 33.4. The summed E-state index contributed by atoms with van der Waals surface area (Å²) < 4.78 is 41.0. The molecule has 0 bridgehead atoms. The molecule has 0 saturated carbocycles. The van der Waals surface area contributed by atoms with Crippen LogP contribution in [0.15, 0.2) is 108 Å². The smallest absolute Gasteiger partial charge is 0.264 e. The maximum absolute atomic E-state index is 14.7. The van der Waals surface area contributed by atoms with Crippen LogP contribution in [-0.2, 0) is 32.6 Å². The zero-order valence-electron chi connectivity index (χ0n) is 27.0. The van der Waals surface area contributed by atoms with Crippen molar-refractivity contribution in [2.24, 2.45) is 0 Å². The van der Waals surface area contributed by atoms with Crippen molar-refractivity contribution >= 4 is 27.5 Å². The molecule has 0 fully saturated rings. The summed E-state index contributed by atoms with van der Waals surface area (Å²) >= 11 is 0. The number of carbonyl (C=O) groups excluding carboxylic acids is 2. The van der Waals surface area contributed by atoms with Gasteiger partial charge < -0.3 is 19.7 Å². The predicted octanol–water partition coefficient (Wildman–Crippen LogP) is 5.52. The molecule has 1 heterocycles. The van der Waals surface area contributed by atoms with Gasteiger partial charge in [-0.15, -0.1) is 0 Å². The van der Waals surface area contributed by atoms with Gasteiger partial charge >= 0.3 is 0 Å². The number of aryl methyl sites for hydroxylation is 1. The highest BCUT2D eigenvalue weighted by atomic mass is 32.2. The minimum Gasteiger partial charge on any atom is -0.486 e. The molecule has 47 heavy (non-hydrogen) atoms. The van der Waals surface area contributed by atoms with Crippen LogP contribution < -0.4 is 19.1 Å². The summed E-state index contributed by atoms with van der Waals surface area (Å²) in [5.74, 6) is 0.0557. The van der Waals surface area contributed by atoms with Gasteiger partial charge in [0.2, 0.25) is 11.8 Å². The molecule has 10 heteroatoms. The van der Waals surface area contributed by atoms with E-state index in [1.165, 1.54) is 17.0 Å². The third-order valence-electron chi connectivity index (χ3n) is 8.30. The van der Waals surface area contributed by atoms with Crippen LogP contribution >= 0.6 is 0 Å². The number of carbonyl (C=O) groups is 2. The van der Waals surface area contributed by atoms with Crippen molar-refractivity contribution < 1.29 is 27.5 Å². The van der Waals surface area contributed by atoms with Crippen LogP contribution in [0.4, 0.5) is 5.69 Å². The summed E-state index contributed by atoms with van der Waals surface area (Å²) in [6, 6.07) is 29.0. The van der Waals surface area contributed by atoms with Crippen LogP contribution in [-0.4, -0.2) is 57.0 Å². The number of anilines is 1. The van der Waals surface area contributed by atoms with E-state index in [0.717, 1.165) is 21.0 Å². The molecule has 0 unspecified atom stereocenters. The van der Waals surface area contributed by atoms with Gasteiger partial charge in [-0.05, 0) is 61.2 Å². The number of ether oxygens (including phenoxy) is 2. The molecule has 4 aromatic rings. The third-order valence-corrected chi connectivity index (χ3v) is 10.1. The van der Waals surface area contributed by atoms with Crippen molar-refractivity contribution in [3.63, 3.8) is 0 Å². The second-order valence-corrected chi connectivity index (χ2v) is 13.5. The third kappa shape index (κ3) is 8.13. The normalized spacial score (nSPS) is 13.7. The van der Waals surface area contributed by atoms with Crippen molar-refractivity contribution in [3.05, 3.63) is 120 Å². The second-order valence-electron chi connectivity index (χ2n) is 11.6. The van der Waals surface area contributed by atoms with E-state index in [-0.39, 0.29) is 35.5 Å². The Bertz CT molecular complexity index is 1780. The topological polar surface area (TPSA) is 105 Å². The summed E-state index contributed by atoms with van der Waals surface area (Å²) in [6.45, 7) is 6.10. The lowest BCUT2D eigenvalue weighted by atomic mass is 10.0. The molecule has 4 aromatic carbocycles. The first-order valence-corrected chi connectivity index (χ1v) is 17.3. The SMILES string of the molecule is CC[C@@H](C)NC(=O)[C@@H](Cc1ccccc1)N(Cc1ccccc1C)C(=O)CN(c1ccc2c(c1)OCCO2)S(=O)(=O)c1ccccc1. The fourth-order valence-corrected chi connectivity index (χ4v) is 6.83. The molecule has 2 amide bonds. The lowest BCUT2D eigenvalue weighted by molar-refractivity contribution is -0.140. The van der Waals surface area contributed by atoms with Crippen LogP contribution in [0.5, 0.6) is 11.5 Å². The van der Waals surface area contributed by atoms with Crippen molar-refractivity contribution in [2.75, 3.05) is 24.1 Å². The maximum atomic E-state index is 14.7. The molecule has 0 saturated heterocycles. The highest BCUT2D eigenvalue weighted by Crippen LogP contribution is 2.36. The van der Waals surface area contributed by atoms with E-state index < -0.39 is 28.5 Å². The number of nitrogens with zero attached hydrogens (tertiary/aromatic N) is 2. The van der Waals surface area contributed by atoms with Crippen LogP contribution in [0.2, 0.25) is 0 Å². The van der Waals surface area contributed by atoms with Crippen LogP contribution in [0.3, 0.4) is 0 Å². The van der Waals surface area contributed by atoms with E-state index in [2.05, 4.69) is 5.32 Å². The Labute approximate surface area is 277 Å². The number of hydrogen-bond donors (Lipinski definition) is 1. The Morgan fingerprint density at radius 1 is 0.851 bits per heavy atom. The molecule has 1 aliphatic rings. The Kier molecular flexibility index (Phi) is 10.8. The van der Waals surface area contributed by atoms with E-state index in [1.807, 2.05) is 75.4 Å². The van der Waals surface area contributed by atoms with Crippen LogP contribution in [0.1, 0.15) is 37.0 Å². The van der Waals surface area contributed by atoms with Crippen molar-refractivity contribution in [1.82, 2.24) is 10.2 Å². The number of hydrogen-bond acceptors (Lipinski definition) is 6. The summed E-state index contributed by atoms with van der Waals surface area (Å²) in [6.07, 6.45) is 0.957. The van der Waals surface area contributed by atoms with Gasteiger partial charge in [0.1, 0.15) is 25.8 Å². The average Bonchev–Trinajstić information content (AvgIpc) is 3.09. The summed E-state index contributed by atoms with van der Waals surface area (Å²) in [7, 11) is -4.23.